The van der Waals surface area contributed by atoms with E-state index in [1.807, 2.05) is 0 Å². The maximum absolute atomic E-state index is 13.5. The standard InChI is InChI=1S/C36H57N7O14/c1-9-14-57-28(50)17-38-36(56)31(51)24(15-18(2)3)40-25(45)16-37-34(54)29(19(4)5)43-35(55)30(20(6)7)42-33(53)23(11-13-27(48)49)41-32(52)22(39-21(8)44)10-12-26(46)47/h9,18-20,22-24,29-30H,1,10-17H2,2-8H3,(H,37,54)(H,38,56)(H,39,44)(H,40,45)(H,41,52)(H,42,53)(H,43,55)(H,46,47)(H,48,49)/t22-,23-,24-,29-,30-/m0/s1. The molecule has 7 amide bonds. The normalized spacial score (nSPS) is 13.4. The minimum atomic E-state index is -1.54. The predicted octanol–water partition coefficient (Wildman–Crippen LogP) is -1.95. The Hall–Kier alpha value is -5.89. The van der Waals surface area contributed by atoms with E-state index in [9.17, 15) is 57.8 Å². The van der Waals surface area contributed by atoms with Gasteiger partial charge in [0, 0.05) is 19.8 Å². The Morgan fingerprint density at radius 1 is 0.614 bits per heavy atom. The quantitative estimate of drug-likeness (QED) is 0.0248. The molecule has 5 atom stereocenters. The fraction of sp³-hybridized carbons (Fsp3) is 0.639. The van der Waals surface area contributed by atoms with Gasteiger partial charge in [0.15, 0.2) is 0 Å². The van der Waals surface area contributed by atoms with Crippen molar-refractivity contribution in [1.29, 1.82) is 0 Å². The Morgan fingerprint density at radius 2 is 1.11 bits per heavy atom. The first-order chi connectivity index (χ1) is 26.5. The van der Waals surface area contributed by atoms with Gasteiger partial charge < -0.3 is 52.2 Å². The van der Waals surface area contributed by atoms with Crippen molar-refractivity contribution < 1.29 is 67.7 Å². The lowest BCUT2D eigenvalue weighted by Gasteiger charge is -2.29. The van der Waals surface area contributed by atoms with Crippen LogP contribution < -0.4 is 37.2 Å². The number of hydrogen-bond donors (Lipinski definition) is 9. The number of amides is 7. The third-order valence-electron chi connectivity index (χ3n) is 7.88. The number of carboxylic acids is 2. The molecule has 0 aliphatic heterocycles. The highest BCUT2D eigenvalue weighted by Crippen LogP contribution is 2.10. The molecule has 0 heterocycles. The van der Waals surface area contributed by atoms with E-state index in [4.69, 9.17) is 9.84 Å². The van der Waals surface area contributed by atoms with Crippen LogP contribution >= 0.6 is 0 Å². The molecule has 0 rings (SSSR count). The molecule has 0 aromatic rings. The number of hydrogen-bond acceptors (Lipinski definition) is 12. The van der Waals surface area contributed by atoms with Crippen LogP contribution in [-0.4, -0.2) is 125 Å². The number of nitrogens with one attached hydrogen (secondary N) is 7. The zero-order valence-corrected chi connectivity index (χ0v) is 33.4. The van der Waals surface area contributed by atoms with E-state index in [0.717, 1.165) is 6.92 Å². The number of ether oxygens (including phenoxy) is 1. The summed E-state index contributed by atoms with van der Waals surface area (Å²) >= 11 is 0. The number of carboxylic acid groups (broad SMARTS) is 2. The number of rotatable bonds is 27. The summed E-state index contributed by atoms with van der Waals surface area (Å²) in [6.07, 6.45) is -0.521. The molecular formula is C36H57N7O14. The van der Waals surface area contributed by atoms with Crippen molar-refractivity contribution >= 4 is 65.0 Å². The van der Waals surface area contributed by atoms with Crippen LogP contribution in [0.1, 0.15) is 80.6 Å². The van der Waals surface area contributed by atoms with Gasteiger partial charge in [0.1, 0.15) is 37.3 Å². The Kier molecular flexibility index (Phi) is 23.4. The Morgan fingerprint density at radius 3 is 1.58 bits per heavy atom. The second kappa shape index (κ2) is 26.1. The van der Waals surface area contributed by atoms with Crippen LogP contribution in [0.5, 0.6) is 0 Å². The first-order valence-corrected chi connectivity index (χ1v) is 18.3. The smallest absolute Gasteiger partial charge is 0.325 e. The molecule has 0 saturated heterocycles. The molecule has 9 N–H and O–H groups in total. The van der Waals surface area contributed by atoms with Gasteiger partial charge in [-0.3, -0.25) is 52.7 Å². The lowest BCUT2D eigenvalue weighted by molar-refractivity contribution is -0.145. The Bertz CT molecular complexity index is 1500. The van der Waals surface area contributed by atoms with Crippen molar-refractivity contribution in [3.63, 3.8) is 0 Å². The number of aliphatic carboxylic acids is 2. The molecule has 320 valence electrons. The van der Waals surface area contributed by atoms with Crippen LogP contribution in [0.25, 0.3) is 0 Å². The van der Waals surface area contributed by atoms with Crippen molar-refractivity contribution in [2.75, 3.05) is 19.7 Å². The van der Waals surface area contributed by atoms with Crippen LogP contribution in [0.15, 0.2) is 12.7 Å². The topological polar surface area (TPSA) is 322 Å². The fourth-order valence-corrected chi connectivity index (χ4v) is 4.98. The Balaban J connectivity index is 5.82. The van der Waals surface area contributed by atoms with Crippen molar-refractivity contribution in [1.82, 2.24) is 37.2 Å². The third-order valence-corrected chi connectivity index (χ3v) is 7.88. The highest BCUT2D eigenvalue weighted by molar-refractivity contribution is 6.38. The van der Waals surface area contributed by atoms with E-state index in [1.54, 1.807) is 41.5 Å². The monoisotopic (exact) mass is 811 g/mol. The van der Waals surface area contributed by atoms with Crippen LogP contribution in [-0.2, 0) is 57.5 Å². The molecule has 21 nitrogen and oxygen atoms in total. The van der Waals surface area contributed by atoms with Crippen molar-refractivity contribution in [2.45, 2.75) is 111 Å². The van der Waals surface area contributed by atoms with E-state index in [-0.39, 0.29) is 25.4 Å². The number of carbonyl (C=O) groups is 11. The van der Waals surface area contributed by atoms with Crippen LogP contribution in [0.2, 0.25) is 0 Å². The first kappa shape index (κ1) is 51.1. The van der Waals surface area contributed by atoms with Crippen molar-refractivity contribution in [3.05, 3.63) is 12.7 Å². The van der Waals surface area contributed by atoms with Gasteiger partial charge in [-0.1, -0.05) is 54.2 Å². The average Bonchev–Trinajstić information content (AvgIpc) is 3.11. The summed E-state index contributed by atoms with van der Waals surface area (Å²) < 4.78 is 4.74. The summed E-state index contributed by atoms with van der Waals surface area (Å²) in [7, 11) is 0. The molecule has 0 aliphatic carbocycles. The van der Waals surface area contributed by atoms with E-state index < -0.39 is 139 Å². The highest BCUT2D eigenvalue weighted by Gasteiger charge is 2.34. The summed E-state index contributed by atoms with van der Waals surface area (Å²) in [6, 6.07) is -6.82. The minimum absolute atomic E-state index is 0.0429. The molecule has 0 aromatic heterocycles. The van der Waals surface area contributed by atoms with Crippen LogP contribution in [0.3, 0.4) is 0 Å². The molecule has 0 saturated carbocycles. The predicted molar refractivity (Wildman–Crippen MR) is 200 cm³/mol. The van der Waals surface area contributed by atoms with Gasteiger partial charge in [0.25, 0.3) is 5.91 Å². The molecule has 0 aliphatic rings. The first-order valence-electron chi connectivity index (χ1n) is 18.3. The lowest BCUT2D eigenvalue weighted by atomic mass is 9.98. The van der Waals surface area contributed by atoms with Gasteiger partial charge in [-0.2, -0.15) is 0 Å². The fourth-order valence-electron chi connectivity index (χ4n) is 4.98. The molecule has 0 aromatic carbocycles. The van der Waals surface area contributed by atoms with Gasteiger partial charge in [-0.25, -0.2) is 0 Å². The largest absolute Gasteiger partial charge is 0.481 e. The van der Waals surface area contributed by atoms with Gasteiger partial charge in [0.05, 0.1) is 12.6 Å². The lowest BCUT2D eigenvalue weighted by Crippen LogP contribution is -2.60. The van der Waals surface area contributed by atoms with Crippen molar-refractivity contribution in [3.8, 4) is 0 Å². The van der Waals surface area contributed by atoms with Gasteiger partial charge >= 0.3 is 17.9 Å². The highest BCUT2D eigenvalue weighted by atomic mass is 16.5. The van der Waals surface area contributed by atoms with Gasteiger partial charge in [0.2, 0.25) is 41.2 Å². The molecule has 0 unspecified atom stereocenters. The third kappa shape index (κ3) is 21.1. The van der Waals surface area contributed by atoms with Crippen molar-refractivity contribution in [2.24, 2.45) is 17.8 Å². The zero-order chi connectivity index (χ0) is 44.0. The number of ketones is 1. The van der Waals surface area contributed by atoms with Gasteiger partial charge in [-0.05, 0) is 37.0 Å². The maximum Gasteiger partial charge on any atom is 0.325 e. The summed E-state index contributed by atoms with van der Waals surface area (Å²) in [6.45, 7) is 12.9. The average molecular weight is 812 g/mol. The summed E-state index contributed by atoms with van der Waals surface area (Å²) in [5.74, 6) is -12.0. The van der Waals surface area contributed by atoms with E-state index >= 15 is 0 Å². The summed E-state index contributed by atoms with van der Waals surface area (Å²) in [4.78, 5) is 137. The van der Waals surface area contributed by atoms with Crippen LogP contribution in [0, 0.1) is 17.8 Å². The molecule has 0 spiro atoms. The summed E-state index contributed by atoms with van der Waals surface area (Å²) in [5, 5.41) is 34.7. The molecule has 0 radical (unpaired) electrons. The zero-order valence-electron chi connectivity index (χ0n) is 33.4. The summed E-state index contributed by atoms with van der Waals surface area (Å²) in [5.41, 5.74) is 0. The number of esters is 1. The number of Topliss-reactive ketones (excluding diaryl/α,β-unsaturated/α-hetero) is 1. The maximum atomic E-state index is 13.5. The van der Waals surface area contributed by atoms with E-state index in [2.05, 4.69) is 43.8 Å². The molecular weight excluding hydrogens is 754 g/mol. The molecule has 21 heteroatoms. The van der Waals surface area contributed by atoms with Crippen LogP contribution in [0.4, 0.5) is 0 Å². The van der Waals surface area contributed by atoms with E-state index in [1.165, 1.54) is 6.08 Å². The molecule has 57 heavy (non-hydrogen) atoms. The SMILES string of the molecule is C=CCOC(=O)CNC(=O)C(=O)[C@H](CC(C)C)NC(=O)CNC(=O)[C@@H](NC(=O)[C@@H](NC(=O)[C@H](CCC(=O)O)NC(=O)[C@H](CCC(=O)O)NC(C)=O)C(C)C)C(C)C. The van der Waals surface area contributed by atoms with Gasteiger partial charge in [-0.15, -0.1) is 0 Å². The second-order valence-corrected chi connectivity index (χ2v) is 14.1. The number of carbonyl (C=O) groups excluding carboxylic acids is 9. The minimum Gasteiger partial charge on any atom is -0.481 e. The molecule has 0 fully saturated rings. The Labute approximate surface area is 330 Å². The second-order valence-electron chi connectivity index (χ2n) is 14.1. The van der Waals surface area contributed by atoms with E-state index in [0.29, 0.717) is 0 Å². The molecule has 0 bridgehead atoms.